The third-order valence-corrected chi connectivity index (χ3v) is 3.18. The van der Waals surface area contributed by atoms with E-state index in [0.717, 1.165) is 0 Å². The lowest BCUT2D eigenvalue weighted by Crippen LogP contribution is -3.04. The molecule has 0 bridgehead atoms. The predicted octanol–water partition coefficient (Wildman–Crippen LogP) is -3.36. The maximum Gasteiger partial charge on any atom is 0.433 e. The Labute approximate surface area is 131 Å². The Bertz CT molecular complexity index is 504. The summed E-state index contributed by atoms with van der Waals surface area (Å²) < 4.78 is 4.86. The maximum atomic E-state index is 12.0. The smallest absolute Gasteiger partial charge is 0.433 e. The second-order valence-corrected chi connectivity index (χ2v) is 4.16. The summed E-state index contributed by atoms with van der Waals surface area (Å²) in [5.74, 6) is 4.98. The molecule has 0 fully saturated rings. The van der Waals surface area contributed by atoms with E-state index < -0.39 is 10.5 Å². The molecule has 0 spiro atoms. The zero-order valence-electron chi connectivity index (χ0n) is 11.7. The summed E-state index contributed by atoms with van der Waals surface area (Å²) in [5.41, 5.74) is 2.94. The lowest BCUT2D eigenvalue weighted by atomic mass is 9.93. The fourth-order valence-electron chi connectivity index (χ4n) is 1.66. The summed E-state index contributed by atoms with van der Waals surface area (Å²) in [6, 6.07) is 2.59. The summed E-state index contributed by atoms with van der Waals surface area (Å²) >= 11 is 0. The number of hydrogen-bond donors (Lipinski definition) is 3. The summed E-state index contributed by atoms with van der Waals surface area (Å²) in [4.78, 5) is 21.8. The number of amides is 1. The average Bonchev–Trinajstić information content (AvgIpc) is 2.90. The van der Waals surface area contributed by atoms with E-state index in [1.54, 1.807) is 0 Å². The molecule has 1 heterocycles. The van der Waals surface area contributed by atoms with Crippen LogP contribution in [-0.2, 0) is 4.79 Å². The molecular weight excluding hydrogens is 346 g/mol. The third kappa shape index (κ3) is 4.62. The molecule has 0 saturated carbocycles. The highest BCUT2D eigenvalue weighted by molar-refractivity contribution is 5.86. The zero-order chi connectivity index (χ0) is 15.2. The first-order valence-electron chi connectivity index (χ1n) is 6.13. The third-order valence-electron chi connectivity index (χ3n) is 3.18. The Kier molecular flexibility index (Phi) is 7.77. The van der Waals surface area contributed by atoms with E-state index in [-0.39, 0.29) is 34.5 Å². The van der Waals surface area contributed by atoms with Gasteiger partial charge in [0, 0.05) is 12.8 Å². The fraction of sp³-hybridized carbons (Fsp3) is 0.455. The summed E-state index contributed by atoms with van der Waals surface area (Å²) in [5, 5.41) is 14.1. The van der Waals surface area contributed by atoms with Crippen molar-refractivity contribution in [3.8, 4) is 0 Å². The molecule has 1 rings (SSSR count). The van der Waals surface area contributed by atoms with E-state index in [4.69, 9.17) is 10.3 Å². The van der Waals surface area contributed by atoms with E-state index in [2.05, 4.69) is 10.5 Å². The number of hydrogen-bond acceptors (Lipinski definition) is 6. The van der Waals surface area contributed by atoms with Gasteiger partial charge in [0.05, 0.1) is 12.3 Å². The van der Waals surface area contributed by atoms with Crippen LogP contribution >= 0.6 is 0 Å². The van der Waals surface area contributed by atoms with E-state index >= 15 is 0 Å². The number of rotatable bonds is 7. The van der Waals surface area contributed by atoms with Gasteiger partial charge in [-0.15, -0.1) is 0 Å². The fourth-order valence-corrected chi connectivity index (χ4v) is 1.66. The van der Waals surface area contributed by atoms with E-state index in [1.165, 1.54) is 23.8 Å². The van der Waals surface area contributed by atoms with Gasteiger partial charge < -0.3 is 21.4 Å². The molecule has 21 heavy (non-hydrogen) atoms. The number of nitrogens with two attached hydrogens (primary N) is 2. The van der Waals surface area contributed by atoms with Crippen molar-refractivity contribution in [2.24, 2.45) is 10.9 Å². The Hall–Kier alpha value is -1.78. The lowest BCUT2D eigenvalue weighted by Gasteiger charge is -2.23. The highest BCUT2D eigenvalue weighted by atomic mass is 79.9. The lowest BCUT2D eigenvalue weighted by molar-refractivity contribution is -0.725. The van der Waals surface area contributed by atoms with Crippen LogP contribution in [0.5, 0.6) is 0 Å². The van der Waals surface area contributed by atoms with Crippen molar-refractivity contribution in [2.75, 3.05) is 0 Å². The number of carbonyl (C=O) groups excluding carboxylic acids is 1. The molecular formula is C11H18BrN5O4. The molecule has 1 aromatic rings. The first-order chi connectivity index (χ1) is 9.49. The average molecular weight is 364 g/mol. The van der Waals surface area contributed by atoms with Gasteiger partial charge in [-0.1, -0.05) is 13.8 Å². The van der Waals surface area contributed by atoms with Crippen LogP contribution in [0.3, 0.4) is 0 Å². The molecule has 0 aromatic carbocycles. The van der Waals surface area contributed by atoms with Crippen LogP contribution in [-0.4, -0.2) is 22.6 Å². The molecule has 10 heteroatoms. The monoisotopic (exact) mass is 363 g/mol. The SMILES string of the molecule is CCC(CC)([NH2+]N)C(=O)N/N=C\c1ccc([N+](=O)[O-])o1.[Br-]. The van der Waals surface area contributed by atoms with Crippen LogP contribution in [0.15, 0.2) is 21.7 Å². The first kappa shape index (κ1) is 19.2. The number of carbonyl (C=O) groups is 1. The molecule has 5 N–H and O–H groups in total. The van der Waals surface area contributed by atoms with Gasteiger partial charge >= 0.3 is 11.8 Å². The molecule has 1 aromatic heterocycles. The van der Waals surface area contributed by atoms with Crippen molar-refractivity contribution < 1.29 is 36.5 Å². The van der Waals surface area contributed by atoms with Crippen molar-refractivity contribution in [2.45, 2.75) is 32.2 Å². The number of nitrogens with one attached hydrogen (secondary N) is 1. The van der Waals surface area contributed by atoms with Gasteiger partial charge in [0.25, 0.3) is 0 Å². The van der Waals surface area contributed by atoms with Crippen LogP contribution in [0, 0.1) is 10.1 Å². The van der Waals surface area contributed by atoms with Crippen LogP contribution in [0.1, 0.15) is 32.4 Å². The molecule has 0 aliphatic carbocycles. The Morgan fingerprint density at radius 1 is 1.57 bits per heavy atom. The summed E-state index contributed by atoms with van der Waals surface area (Å²) in [7, 11) is 0. The zero-order valence-corrected chi connectivity index (χ0v) is 13.3. The van der Waals surface area contributed by atoms with Crippen LogP contribution in [0.4, 0.5) is 5.88 Å². The molecule has 0 saturated heterocycles. The van der Waals surface area contributed by atoms with Gasteiger partial charge in [0.1, 0.15) is 4.92 Å². The normalized spacial score (nSPS) is 11.2. The molecule has 0 aliphatic rings. The minimum absolute atomic E-state index is 0. The second kappa shape index (κ2) is 8.49. The van der Waals surface area contributed by atoms with Crippen LogP contribution in [0.25, 0.3) is 0 Å². The van der Waals surface area contributed by atoms with Gasteiger partial charge in [0.2, 0.25) is 0 Å². The highest BCUT2D eigenvalue weighted by Crippen LogP contribution is 2.14. The molecule has 9 nitrogen and oxygen atoms in total. The van der Waals surface area contributed by atoms with E-state index in [1.807, 2.05) is 13.8 Å². The molecule has 0 radical (unpaired) electrons. The van der Waals surface area contributed by atoms with E-state index in [9.17, 15) is 14.9 Å². The predicted molar refractivity (Wildman–Crippen MR) is 70.5 cm³/mol. The van der Waals surface area contributed by atoms with Crippen molar-refractivity contribution in [3.05, 3.63) is 28.0 Å². The largest absolute Gasteiger partial charge is 1.00 e. The van der Waals surface area contributed by atoms with Gasteiger partial charge in [-0.05, 0) is 6.07 Å². The van der Waals surface area contributed by atoms with E-state index in [0.29, 0.717) is 12.8 Å². The molecule has 0 unspecified atom stereocenters. The van der Waals surface area contributed by atoms with Crippen LogP contribution in [0.2, 0.25) is 0 Å². The van der Waals surface area contributed by atoms with Crippen LogP contribution < -0.4 is 33.7 Å². The molecule has 1 amide bonds. The van der Waals surface area contributed by atoms with Crippen molar-refractivity contribution >= 4 is 18.0 Å². The maximum absolute atomic E-state index is 12.0. The highest BCUT2D eigenvalue weighted by Gasteiger charge is 2.38. The van der Waals surface area contributed by atoms with Gasteiger partial charge in [0.15, 0.2) is 11.3 Å². The molecule has 0 aliphatic heterocycles. The number of nitro groups is 1. The Morgan fingerprint density at radius 3 is 2.62 bits per heavy atom. The standard InChI is InChI=1S/C11H17N5O4.BrH/c1-3-11(4-2,15-12)10(17)14-13-7-8-5-6-9(20-8)16(18)19;/h5-7,15H,3-4,12H2,1-2H3,(H,14,17);1H/b13-7-;. The number of furan rings is 1. The van der Waals surface area contributed by atoms with Crippen molar-refractivity contribution in [3.63, 3.8) is 0 Å². The minimum atomic E-state index is -0.771. The van der Waals surface area contributed by atoms with Gasteiger partial charge in [-0.2, -0.15) is 10.9 Å². The topological polar surface area (TPSA) is 140 Å². The number of quaternary nitrogens is 1. The second-order valence-electron chi connectivity index (χ2n) is 4.16. The quantitative estimate of drug-likeness (QED) is 0.201. The molecule has 118 valence electrons. The summed E-state index contributed by atoms with van der Waals surface area (Å²) in [6.07, 6.45) is 2.29. The van der Waals surface area contributed by atoms with Crippen molar-refractivity contribution in [1.29, 1.82) is 0 Å². The summed E-state index contributed by atoms with van der Waals surface area (Å²) in [6.45, 7) is 3.71. The minimum Gasteiger partial charge on any atom is -1.00 e. The van der Waals surface area contributed by atoms with Crippen molar-refractivity contribution in [1.82, 2.24) is 5.43 Å². The van der Waals surface area contributed by atoms with Gasteiger partial charge in [-0.3, -0.25) is 20.3 Å². The number of halogens is 1. The molecule has 0 atom stereocenters. The van der Waals surface area contributed by atoms with Gasteiger partial charge in [-0.25, -0.2) is 5.43 Å². The first-order valence-corrected chi connectivity index (χ1v) is 6.13. The Morgan fingerprint density at radius 2 is 2.19 bits per heavy atom. The Balaban J connectivity index is 0.00000400. The number of hydrazone groups is 1. The number of nitrogens with zero attached hydrogens (tertiary/aromatic N) is 2.